The van der Waals surface area contributed by atoms with Gasteiger partial charge in [-0.05, 0) is 151 Å². The van der Waals surface area contributed by atoms with Crippen LogP contribution in [0.3, 0.4) is 0 Å². The van der Waals surface area contributed by atoms with Gasteiger partial charge in [0.2, 0.25) is 5.91 Å². The fraction of sp³-hybridized carbons (Fsp3) is 0.423. The summed E-state index contributed by atoms with van der Waals surface area (Å²) in [6.45, 7) is 5.38. The van der Waals surface area contributed by atoms with Gasteiger partial charge in [-0.2, -0.15) is 0 Å². The van der Waals surface area contributed by atoms with Gasteiger partial charge >= 0.3 is 11.9 Å². The van der Waals surface area contributed by atoms with Gasteiger partial charge in [0.1, 0.15) is 23.1 Å². The fourth-order valence-corrected chi connectivity index (χ4v) is 10.8. The van der Waals surface area contributed by atoms with Crippen molar-refractivity contribution >= 4 is 45.9 Å². The first-order valence-electron chi connectivity index (χ1n) is 22.6. The Bertz CT molecular complexity index is 2460. The van der Waals surface area contributed by atoms with E-state index < -0.39 is 23.5 Å². The molecule has 0 radical (unpaired) electrons. The number of nitrogens with one attached hydrogen (secondary N) is 2. The first kappa shape index (κ1) is 44.0. The Hall–Kier alpha value is -5.61. The number of carbonyl (C=O) groups is 3. The third kappa shape index (κ3) is 9.81. The van der Waals surface area contributed by atoms with E-state index in [0.29, 0.717) is 61.1 Å². The van der Waals surface area contributed by atoms with Crippen LogP contribution in [-0.2, 0) is 39.1 Å². The van der Waals surface area contributed by atoms with Crippen molar-refractivity contribution in [1.29, 1.82) is 0 Å². The number of pyridine rings is 1. The van der Waals surface area contributed by atoms with Crippen LogP contribution in [-0.4, -0.2) is 57.8 Å². The Morgan fingerprint density at radius 1 is 0.921 bits per heavy atom. The summed E-state index contributed by atoms with van der Waals surface area (Å²) in [7, 11) is 0. The van der Waals surface area contributed by atoms with Gasteiger partial charge in [-0.3, -0.25) is 9.78 Å². The van der Waals surface area contributed by atoms with E-state index >= 15 is 0 Å². The van der Waals surface area contributed by atoms with Gasteiger partial charge in [-0.25, -0.2) is 9.59 Å². The van der Waals surface area contributed by atoms with E-state index in [1.54, 1.807) is 12.1 Å². The quantitative estimate of drug-likeness (QED) is 0.0671. The molecule has 3 aliphatic rings. The van der Waals surface area contributed by atoms with Gasteiger partial charge in [0.05, 0.1) is 13.2 Å². The predicted molar refractivity (Wildman–Crippen MR) is 246 cm³/mol. The molecule has 63 heavy (non-hydrogen) atoms. The molecule has 11 heteroatoms. The molecule has 4 aromatic carbocycles. The van der Waals surface area contributed by atoms with Gasteiger partial charge in [-0.1, -0.05) is 80.0 Å². The lowest BCUT2D eigenvalue weighted by molar-refractivity contribution is -0.144. The standard InChI is InChI=1S/C52H58ClN3O7/c1-33(32-63-46-19-24-54-44-13-5-8-34(2)48(44)46)26-39-29-38-17-18-42(31-43(38)51(39)20-22-52(23-21-51,50(60)61)56-41-12-6-11-40(53)30-41)62-25-7-14-47(57)55-45(49(58)59)28-35-15-16-36-9-3-4-10-37(36)27-35/h3-4,6,9-12,15-19,24,27,30-31,33-34,39,45,56H,5,7-8,13-14,20-23,25-26,28-29,32H2,1-2H3,(H,55,57)(H,58,59)(H,60,61)/t33-,34-,39+,45-,51?,52?/m1/s1. The number of nitrogens with zero attached hydrogens (tertiary/aromatic N) is 1. The van der Waals surface area contributed by atoms with Crippen LogP contribution < -0.4 is 20.1 Å². The number of ether oxygens (including phenoxy) is 2. The maximum atomic E-state index is 13.1. The van der Waals surface area contributed by atoms with Crippen LogP contribution in [0.15, 0.2) is 97.2 Å². The summed E-state index contributed by atoms with van der Waals surface area (Å²) in [4.78, 5) is 42.9. The SMILES string of the molecule is C[C@@H](COc1ccnc2c1[C@H](C)CCC2)C[C@H]1Cc2ccc(OCCCC(=O)N[C@H](Cc3ccc4ccccc4c3)C(=O)O)cc2C12CCC(Nc1cccc(Cl)c1)(C(=O)O)CC2. The molecule has 3 aliphatic carbocycles. The molecule has 0 saturated heterocycles. The lowest BCUT2D eigenvalue weighted by Gasteiger charge is -2.47. The third-order valence-corrected chi connectivity index (χ3v) is 14.2. The molecule has 1 fully saturated rings. The minimum atomic E-state index is -1.14. The second-order valence-corrected chi connectivity index (χ2v) is 18.7. The lowest BCUT2D eigenvalue weighted by Crippen LogP contribution is -2.53. The topological polar surface area (TPSA) is 147 Å². The molecule has 10 nitrogen and oxygen atoms in total. The first-order chi connectivity index (χ1) is 30.4. The van der Waals surface area contributed by atoms with E-state index in [9.17, 15) is 24.6 Å². The Morgan fingerprint density at radius 3 is 2.51 bits per heavy atom. The van der Waals surface area contributed by atoms with E-state index in [-0.39, 0.29) is 42.6 Å². The number of fused-ring (bicyclic) bond motifs is 4. The average molecular weight is 873 g/mol. The van der Waals surface area contributed by atoms with Crippen LogP contribution in [0.1, 0.15) is 106 Å². The Labute approximate surface area is 374 Å². The average Bonchev–Trinajstić information content (AvgIpc) is 3.55. The first-order valence-corrected chi connectivity index (χ1v) is 22.9. The summed E-state index contributed by atoms with van der Waals surface area (Å²) in [6, 6.07) is 28.2. The summed E-state index contributed by atoms with van der Waals surface area (Å²) >= 11 is 6.31. The molecule has 1 aromatic heterocycles. The molecular weight excluding hydrogens is 814 g/mol. The Balaban J connectivity index is 0.939. The number of anilines is 1. The molecule has 0 bridgehead atoms. The molecule has 1 heterocycles. The molecule has 1 amide bonds. The van der Waals surface area contributed by atoms with E-state index in [2.05, 4.69) is 41.6 Å². The van der Waals surface area contributed by atoms with Gasteiger partial charge in [0, 0.05) is 41.0 Å². The third-order valence-electron chi connectivity index (χ3n) is 14.0. The highest BCUT2D eigenvalue weighted by atomic mass is 35.5. The highest BCUT2D eigenvalue weighted by Crippen LogP contribution is 2.57. The van der Waals surface area contributed by atoms with Gasteiger partial charge < -0.3 is 30.3 Å². The summed E-state index contributed by atoms with van der Waals surface area (Å²) < 4.78 is 12.9. The molecule has 1 saturated carbocycles. The molecule has 4 atom stereocenters. The Kier molecular flexibility index (Phi) is 13.3. The van der Waals surface area contributed by atoms with E-state index in [1.165, 1.54) is 16.7 Å². The maximum absolute atomic E-state index is 13.1. The summed E-state index contributed by atoms with van der Waals surface area (Å²) in [6.07, 6.45) is 9.90. The predicted octanol–water partition coefficient (Wildman–Crippen LogP) is 10.3. The smallest absolute Gasteiger partial charge is 0.329 e. The molecule has 8 rings (SSSR count). The second-order valence-electron chi connectivity index (χ2n) is 18.3. The molecule has 0 unspecified atom stereocenters. The summed E-state index contributed by atoms with van der Waals surface area (Å²) in [5.74, 6) is 0.297. The highest BCUT2D eigenvalue weighted by Gasteiger charge is 2.54. The van der Waals surface area contributed by atoms with Crippen molar-refractivity contribution < 1.29 is 34.1 Å². The number of hydrogen-bond donors (Lipinski definition) is 4. The van der Waals surface area contributed by atoms with Crippen molar-refractivity contribution in [3.8, 4) is 11.5 Å². The number of aliphatic carboxylic acids is 2. The summed E-state index contributed by atoms with van der Waals surface area (Å²) in [5, 5.41) is 29.4. The van der Waals surface area contributed by atoms with Crippen LogP contribution in [0.2, 0.25) is 5.02 Å². The Morgan fingerprint density at radius 2 is 1.73 bits per heavy atom. The maximum Gasteiger partial charge on any atom is 0.329 e. The molecule has 5 aromatic rings. The van der Waals surface area contributed by atoms with Crippen molar-refractivity contribution in [2.75, 3.05) is 18.5 Å². The number of carboxylic acid groups (broad SMARTS) is 2. The number of benzene rings is 4. The number of carbonyl (C=O) groups excluding carboxylic acids is 1. The van der Waals surface area contributed by atoms with Crippen molar-refractivity contribution in [3.63, 3.8) is 0 Å². The minimum Gasteiger partial charge on any atom is -0.494 e. The number of carboxylic acids is 2. The second kappa shape index (κ2) is 19.0. The zero-order valence-corrected chi connectivity index (χ0v) is 37.0. The van der Waals surface area contributed by atoms with E-state index in [1.807, 2.05) is 72.9 Å². The van der Waals surface area contributed by atoms with Gasteiger partial charge in [0.15, 0.2) is 0 Å². The molecular formula is C52H58ClN3O7. The number of hydrogen-bond acceptors (Lipinski definition) is 7. The van der Waals surface area contributed by atoms with Gasteiger partial charge in [0.25, 0.3) is 0 Å². The van der Waals surface area contributed by atoms with Crippen LogP contribution in [0.25, 0.3) is 10.8 Å². The van der Waals surface area contributed by atoms with Crippen LogP contribution >= 0.6 is 11.6 Å². The fourth-order valence-electron chi connectivity index (χ4n) is 10.7. The van der Waals surface area contributed by atoms with Crippen LogP contribution in [0.4, 0.5) is 5.69 Å². The minimum absolute atomic E-state index is 0.122. The number of amides is 1. The number of halogens is 1. The zero-order chi connectivity index (χ0) is 44.1. The van der Waals surface area contributed by atoms with E-state index in [4.69, 9.17) is 21.1 Å². The molecule has 330 valence electrons. The normalized spacial score (nSPS) is 22.4. The summed E-state index contributed by atoms with van der Waals surface area (Å²) in [5.41, 5.74) is 5.00. The van der Waals surface area contributed by atoms with Crippen molar-refractivity contribution in [2.24, 2.45) is 11.8 Å². The molecule has 1 spiro atoms. The van der Waals surface area contributed by atoms with Crippen molar-refractivity contribution in [1.82, 2.24) is 10.3 Å². The largest absolute Gasteiger partial charge is 0.494 e. The number of aromatic nitrogens is 1. The molecule has 4 N–H and O–H groups in total. The van der Waals surface area contributed by atoms with Gasteiger partial charge in [-0.15, -0.1) is 0 Å². The zero-order valence-electron chi connectivity index (χ0n) is 36.2. The monoisotopic (exact) mass is 871 g/mol. The van der Waals surface area contributed by atoms with E-state index in [0.717, 1.165) is 59.9 Å². The number of rotatable bonds is 17. The van der Waals surface area contributed by atoms with Crippen LogP contribution in [0, 0.1) is 11.8 Å². The van der Waals surface area contributed by atoms with Crippen LogP contribution in [0.5, 0.6) is 11.5 Å². The lowest BCUT2D eigenvalue weighted by atomic mass is 9.59. The van der Waals surface area contributed by atoms with Crippen molar-refractivity contribution in [3.05, 3.63) is 130 Å². The highest BCUT2D eigenvalue weighted by molar-refractivity contribution is 6.30. The van der Waals surface area contributed by atoms with Crippen molar-refractivity contribution in [2.45, 2.75) is 114 Å². The number of aryl methyl sites for hydroxylation is 1. The molecule has 0 aliphatic heterocycles.